The fraction of sp³-hybridized carbons (Fsp3) is 0.160. The number of amides is 2. The summed E-state index contributed by atoms with van der Waals surface area (Å²) in [6.07, 6.45) is 3.64. The van der Waals surface area contributed by atoms with E-state index in [1.807, 2.05) is 37.3 Å². The van der Waals surface area contributed by atoms with Crippen molar-refractivity contribution >= 4 is 51.6 Å². The Balaban J connectivity index is 1.69. The quantitative estimate of drug-likeness (QED) is 0.318. The molecule has 0 aliphatic carbocycles. The third-order valence-electron chi connectivity index (χ3n) is 5.00. The number of ether oxygens (including phenoxy) is 2. The normalized spacial score (nSPS) is 10.7. The van der Waals surface area contributed by atoms with E-state index >= 15 is 0 Å². The molecule has 9 heteroatoms. The molecule has 0 saturated carbocycles. The molecule has 1 heterocycles. The zero-order chi connectivity index (χ0) is 24.7. The van der Waals surface area contributed by atoms with Gasteiger partial charge in [0.25, 0.3) is 5.91 Å². The topological polar surface area (TPSA) is 103 Å². The SMILES string of the molecule is COc1ccc(/C=C/C(=O)NC(=S)Nc2sc(Cc3ccccc3)c(C)c2C(N)=O)cc1OC. The van der Waals surface area contributed by atoms with Crippen molar-refractivity contribution in [3.05, 3.63) is 81.7 Å². The van der Waals surface area contributed by atoms with Crippen LogP contribution in [0, 0.1) is 6.92 Å². The Morgan fingerprint density at radius 3 is 2.44 bits per heavy atom. The summed E-state index contributed by atoms with van der Waals surface area (Å²) < 4.78 is 10.5. The van der Waals surface area contributed by atoms with Crippen molar-refractivity contribution < 1.29 is 19.1 Å². The molecule has 4 N–H and O–H groups in total. The minimum Gasteiger partial charge on any atom is -0.493 e. The second kappa shape index (κ2) is 11.4. The average Bonchev–Trinajstić information content (AvgIpc) is 3.12. The summed E-state index contributed by atoms with van der Waals surface area (Å²) in [6.45, 7) is 1.85. The Bertz CT molecular complexity index is 1240. The van der Waals surface area contributed by atoms with Gasteiger partial charge in [0.1, 0.15) is 5.00 Å². The first-order valence-electron chi connectivity index (χ1n) is 10.3. The first-order chi connectivity index (χ1) is 16.3. The first kappa shape index (κ1) is 24.9. The number of benzene rings is 2. The van der Waals surface area contributed by atoms with Crippen molar-refractivity contribution in [1.82, 2.24) is 5.32 Å². The summed E-state index contributed by atoms with van der Waals surface area (Å²) in [6, 6.07) is 15.2. The van der Waals surface area contributed by atoms with E-state index in [2.05, 4.69) is 10.6 Å². The molecule has 2 aromatic carbocycles. The highest BCUT2D eigenvalue weighted by Crippen LogP contribution is 2.34. The molecule has 0 fully saturated rings. The Kier molecular flexibility index (Phi) is 8.39. The van der Waals surface area contributed by atoms with Gasteiger partial charge in [0.05, 0.1) is 19.8 Å². The average molecular weight is 496 g/mol. The van der Waals surface area contributed by atoms with Crippen molar-refractivity contribution in [2.24, 2.45) is 5.73 Å². The Morgan fingerprint density at radius 2 is 1.79 bits per heavy atom. The lowest BCUT2D eigenvalue weighted by Crippen LogP contribution is -2.33. The van der Waals surface area contributed by atoms with Crippen LogP contribution in [0.4, 0.5) is 5.00 Å². The van der Waals surface area contributed by atoms with Gasteiger partial charge in [-0.1, -0.05) is 36.4 Å². The summed E-state index contributed by atoms with van der Waals surface area (Å²) in [4.78, 5) is 25.4. The highest BCUT2D eigenvalue weighted by atomic mass is 32.1. The predicted molar refractivity (Wildman–Crippen MR) is 140 cm³/mol. The minimum atomic E-state index is -0.557. The zero-order valence-electron chi connectivity index (χ0n) is 19.0. The standard InChI is InChI=1S/C25H25N3O4S2/c1-15-20(14-16-7-5-4-6-8-16)34-24(22(15)23(26)30)28-25(33)27-21(29)12-10-17-9-11-18(31-2)19(13-17)32-3/h4-13H,14H2,1-3H3,(H2,26,30)(H2,27,28,29,33)/b12-10+. The van der Waals surface area contributed by atoms with Crippen LogP contribution < -0.4 is 25.8 Å². The lowest BCUT2D eigenvalue weighted by molar-refractivity contribution is -0.115. The van der Waals surface area contributed by atoms with E-state index in [9.17, 15) is 9.59 Å². The summed E-state index contributed by atoms with van der Waals surface area (Å²) >= 11 is 6.67. The van der Waals surface area contributed by atoms with Crippen LogP contribution >= 0.6 is 23.6 Å². The molecule has 0 saturated heterocycles. The van der Waals surface area contributed by atoms with Crippen LogP contribution in [-0.4, -0.2) is 31.1 Å². The van der Waals surface area contributed by atoms with E-state index in [1.54, 1.807) is 38.5 Å². The molecule has 0 spiro atoms. The number of nitrogens with two attached hydrogens (primary N) is 1. The smallest absolute Gasteiger partial charge is 0.251 e. The maximum atomic E-state index is 12.4. The maximum Gasteiger partial charge on any atom is 0.251 e. The van der Waals surface area contributed by atoms with Crippen LogP contribution in [0.1, 0.15) is 31.9 Å². The molecule has 3 rings (SSSR count). The van der Waals surface area contributed by atoms with E-state index in [4.69, 9.17) is 27.4 Å². The minimum absolute atomic E-state index is 0.0666. The molecule has 176 valence electrons. The van der Waals surface area contributed by atoms with Gasteiger partial charge in [0.2, 0.25) is 5.91 Å². The van der Waals surface area contributed by atoms with E-state index < -0.39 is 11.8 Å². The van der Waals surface area contributed by atoms with Crippen molar-refractivity contribution in [2.75, 3.05) is 19.5 Å². The fourth-order valence-electron chi connectivity index (χ4n) is 3.31. The van der Waals surface area contributed by atoms with Gasteiger partial charge in [-0.25, -0.2) is 0 Å². The molecule has 0 unspecified atom stereocenters. The number of rotatable bonds is 8. The van der Waals surface area contributed by atoms with Crippen molar-refractivity contribution in [3.8, 4) is 11.5 Å². The molecule has 0 aliphatic rings. The molecular formula is C25H25N3O4S2. The van der Waals surface area contributed by atoms with Gasteiger partial charge in [-0.3, -0.25) is 14.9 Å². The van der Waals surface area contributed by atoms with Gasteiger partial charge in [-0.15, -0.1) is 11.3 Å². The van der Waals surface area contributed by atoms with Gasteiger partial charge in [-0.05, 0) is 54.0 Å². The maximum absolute atomic E-state index is 12.4. The van der Waals surface area contributed by atoms with E-state index in [-0.39, 0.29) is 5.11 Å². The Labute approximate surface area is 207 Å². The van der Waals surface area contributed by atoms with Crippen LogP contribution in [-0.2, 0) is 11.2 Å². The number of anilines is 1. The van der Waals surface area contributed by atoms with Gasteiger partial charge < -0.3 is 20.5 Å². The summed E-state index contributed by atoms with van der Waals surface area (Å²) in [7, 11) is 3.10. The van der Waals surface area contributed by atoms with E-state index in [0.29, 0.717) is 28.5 Å². The van der Waals surface area contributed by atoms with Crippen LogP contribution in [0.5, 0.6) is 11.5 Å². The number of thiophene rings is 1. The Morgan fingerprint density at radius 1 is 1.09 bits per heavy atom. The highest BCUT2D eigenvalue weighted by molar-refractivity contribution is 7.80. The number of primary amides is 1. The molecule has 0 aliphatic heterocycles. The van der Waals surface area contributed by atoms with Gasteiger partial charge in [-0.2, -0.15) is 0 Å². The third kappa shape index (κ3) is 6.21. The summed E-state index contributed by atoms with van der Waals surface area (Å²) in [5.41, 5.74) is 8.66. The fourth-order valence-corrected chi connectivity index (χ4v) is 4.83. The second-order valence-corrected chi connectivity index (χ2v) is 8.79. The molecule has 0 atom stereocenters. The van der Waals surface area contributed by atoms with Crippen molar-refractivity contribution in [1.29, 1.82) is 0 Å². The van der Waals surface area contributed by atoms with E-state index in [0.717, 1.165) is 21.6 Å². The highest BCUT2D eigenvalue weighted by Gasteiger charge is 2.20. The van der Waals surface area contributed by atoms with Gasteiger partial charge in [0.15, 0.2) is 16.6 Å². The van der Waals surface area contributed by atoms with Gasteiger partial charge >= 0.3 is 0 Å². The first-order valence-corrected chi connectivity index (χ1v) is 11.5. The molecular weight excluding hydrogens is 470 g/mol. The number of methoxy groups -OCH3 is 2. The molecule has 0 bridgehead atoms. The van der Waals surface area contributed by atoms with Crippen LogP contribution in [0.25, 0.3) is 6.08 Å². The van der Waals surface area contributed by atoms with Crippen molar-refractivity contribution in [2.45, 2.75) is 13.3 Å². The number of carbonyl (C=O) groups excluding carboxylic acids is 2. The Hall–Kier alpha value is -3.69. The van der Waals surface area contributed by atoms with E-state index in [1.165, 1.54) is 17.4 Å². The van der Waals surface area contributed by atoms with Crippen LogP contribution in [0.3, 0.4) is 0 Å². The molecule has 1 aromatic heterocycles. The predicted octanol–water partition coefficient (Wildman–Crippen LogP) is 4.29. The molecule has 34 heavy (non-hydrogen) atoms. The number of nitrogens with one attached hydrogen (secondary N) is 2. The molecule has 0 radical (unpaired) electrons. The van der Waals surface area contributed by atoms with Crippen LogP contribution in [0.2, 0.25) is 0 Å². The largest absolute Gasteiger partial charge is 0.493 e. The molecule has 2 amide bonds. The number of carbonyl (C=O) groups is 2. The number of thiocarbonyl (C=S) groups is 1. The second-order valence-electron chi connectivity index (χ2n) is 7.27. The lowest BCUT2D eigenvalue weighted by atomic mass is 10.1. The monoisotopic (exact) mass is 495 g/mol. The number of hydrogen-bond donors (Lipinski definition) is 3. The van der Waals surface area contributed by atoms with Crippen molar-refractivity contribution in [3.63, 3.8) is 0 Å². The lowest BCUT2D eigenvalue weighted by Gasteiger charge is -2.08. The number of hydrogen-bond acceptors (Lipinski definition) is 6. The van der Waals surface area contributed by atoms with Gasteiger partial charge in [0, 0.05) is 17.4 Å². The van der Waals surface area contributed by atoms with Crippen LogP contribution in [0.15, 0.2) is 54.6 Å². The molecule has 3 aromatic rings. The summed E-state index contributed by atoms with van der Waals surface area (Å²) in [5, 5.41) is 6.11. The third-order valence-corrected chi connectivity index (χ3v) is 6.41. The summed E-state index contributed by atoms with van der Waals surface area (Å²) in [5.74, 6) is 0.168. The zero-order valence-corrected chi connectivity index (χ0v) is 20.6. The molecule has 7 nitrogen and oxygen atoms in total.